The normalized spacial score (nSPS) is 11.3. The molecule has 82 valence electrons. The van der Waals surface area contributed by atoms with E-state index in [-0.39, 0.29) is 0 Å². The molecule has 0 aromatic carbocycles. The summed E-state index contributed by atoms with van der Waals surface area (Å²) < 4.78 is 5.69. The average Bonchev–Trinajstić information content (AvgIpc) is 2.17. The number of methoxy groups -OCH3 is 1. The van der Waals surface area contributed by atoms with Crippen molar-refractivity contribution in [3.8, 4) is 0 Å². The lowest BCUT2D eigenvalue weighted by molar-refractivity contribution is 0.188. The fourth-order valence-electron chi connectivity index (χ4n) is 0.935. The van der Waals surface area contributed by atoms with Crippen LogP contribution in [0.2, 0.25) is 0 Å². The van der Waals surface area contributed by atoms with Gasteiger partial charge in [0.1, 0.15) is 5.84 Å². The van der Waals surface area contributed by atoms with Crippen molar-refractivity contribution in [2.24, 2.45) is 0 Å². The first-order valence-electron chi connectivity index (χ1n) is 4.45. The minimum atomic E-state index is 0.468. The lowest BCUT2D eigenvalue weighted by Gasteiger charge is -2.19. The Morgan fingerprint density at radius 2 is 2.29 bits per heavy atom. The van der Waals surface area contributed by atoms with Crippen LogP contribution in [0.5, 0.6) is 0 Å². The minimum absolute atomic E-state index is 0.468. The van der Waals surface area contributed by atoms with Crippen LogP contribution in [0.4, 0.5) is 0 Å². The number of likely N-dealkylation sites (N-methyl/N-ethyl adjacent to an activating group) is 1. The monoisotopic (exact) mass is 263 g/mol. The molecule has 0 atom stereocenters. The second-order valence-corrected chi connectivity index (χ2v) is 3.75. The number of halogens is 1. The van der Waals surface area contributed by atoms with Crippen LogP contribution in [0.3, 0.4) is 0 Å². The predicted molar refractivity (Wildman–Crippen MR) is 62.9 cm³/mol. The molecule has 0 radical (unpaired) electrons. The van der Waals surface area contributed by atoms with Gasteiger partial charge in [0, 0.05) is 40.6 Å². The van der Waals surface area contributed by atoms with Gasteiger partial charge in [0.05, 0.1) is 4.48 Å². The first-order chi connectivity index (χ1) is 6.63. The summed E-state index contributed by atoms with van der Waals surface area (Å²) in [7, 11) is 5.38. The number of rotatable bonds is 6. The van der Waals surface area contributed by atoms with Crippen LogP contribution >= 0.6 is 15.9 Å². The van der Waals surface area contributed by atoms with E-state index < -0.39 is 0 Å². The summed E-state index contributed by atoms with van der Waals surface area (Å²) in [5.74, 6) is 0.468. The van der Waals surface area contributed by atoms with Gasteiger partial charge in [-0.3, -0.25) is 5.41 Å². The van der Waals surface area contributed by atoms with E-state index in [0.29, 0.717) is 5.84 Å². The number of nitrogens with one attached hydrogen (secondary N) is 2. The fourth-order valence-corrected chi connectivity index (χ4v) is 1.47. The average molecular weight is 264 g/mol. The summed E-state index contributed by atoms with van der Waals surface area (Å²) in [6, 6.07) is 0. The second kappa shape index (κ2) is 7.82. The van der Waals surface area contributed by atoms with Gasteiger partial charge in [-0.1, -0.05) is 0 Å². The molecule has 0 aliphatic heterocycles. The van der Waals surface area contributed by atoms with E-state index in [1.165, 1.54) is 0 Å². The topological polar surface area (TPSA) is 48.4 Å². The molecular weight excluding hydrogens is 246 g/mol. The van der Waals surface area contributed by atoms with Gasteiger partial charge in [-0.15, -0.1) is 0 Å². The van der Waals surface area contributed by atoms with Crippen LogP contribution in [-0.2, 0) is 4.74 Å². The summed E-state index contributed by atoms with van der Waals surface area (Å²) in [6.45, 7) is 1.55. The molecule has 14 heavy (non-hydrogen) atoms. The first-order valence-corrected chi connectivity index (χ1v) is 5.24. The van der Waals surface area contributed by atoms with Gasteiger partial charge in [-0.2, -0.15) is 0 Å². The molecular formula is C9H18BrN3O. The largest absolute Gasteiger partial charge is 0.393 e. The molecule has 0 saturated heterocycles. The highest BCUT2D eigenvalue weighted by molar-refractivity contribution is 9.12. The maximum absolute atomic E-state index is 7.77. The summed E-state index contributed by atoms with van der Waals surface area (Å²) in [6.07, 6.45) is 2.67. The molecule has 0 aromatic heterocycles. The fraction of sp³-hybridized carbons (Fsp3) is 0.667. The van der Waals surface area contributed by atoms with Crippen molar-refractivity contribution in [1.29, 1.82) is 5.41 Å². The SMILES string of the molecule is CN/C=C(/Br)C(=N)N(C)CCCOC. The molecule has 0 spiro atoms. The molecule has 0 amide bonds. The first kappa shape index (κ1) is 13.4. The van der Waals surface area contributed by atoms with Gasteiger partial charge in [0.15, 0.2) is 0 Å². The van der Waals surface area contributed by atoms with Crippen molar-refractivity contribution in [3.63, 3.8) is 0 Å². The van der Waals surface area contributed by atoms with Gasteiger partial charge in [0.2, 0.25) is 0 Å². The molecule has 0 aliphatic carbocycles. The Bertz CT molecular complexity index is 206. The van der Waals surface area contributed by atoms with Crippen LogP contribution in [-0.4, -0.2) is 45.1 Å². The summed E-state index contributed by atoms with van der Waals surface area (Å²) in [5, 5.41) is 10.6. The van der Waals surface area contributed by atoms with E-state index in [2.05, 4.69) is 21.2 Å². The predicted octanol–water partition coefficient (Wildman–Crippen LogP) is 1.39. The third kappa shape index (κ3) is 5.24. The van der Waals surface area contributed by atoms with Crippen LogP contribution in [0, 0.1) is 5.41 Å². The van der Waals surface area contributed by atoms with E-state index in [1.54, 1.807) is 20.4 Å². The molecule has 2 N–H and O–H groups in total. The summed E-state index contributed by atoms with van der Waals surface area (Å²) in [5.41, 5.74) is 0. The van der Waals surface area contributed by atoms with E-state index in [0.717, 1.165) is 24.1 Å². The Morgan fingerprint density at radius 3 is 2.79 bits per heavy atom. The maximum atomic E-state index is 7.77. The smallest absolute Gasteiger partial charge is 0.136 e. The van der Waals surface area contributed by atoms with Crippen LogP contribution in [0.15, 0.2) is 10.7 Å². The molecule has 0 rings (SSSR count). The number of nitrogens with zero attached hydrogens (tertiary/aromatic N) is 1. The quantitative estimate of drug-likeness (QED) is 0.433. The highest BCUT2D eigenvalue weighted by atomic mass is 79.9. The van der Waals surface area contributed by atoms with E-state index in [1.807, 2.05) is 11.9 Å². The lowest BCUT2D eigenvalue weighted by Crippen LogP contribution is -2.28. The van der Waals surface area contributed by atoms with Crippen LogP contribution in [0.25, 0.3) is 0 Å². The highest BCUT2D eigenvalue weighted by Gasteiger charge is 2.06. The molecule has 4 nitrogen and oxygen atoms in total. The Morgan fingerprint density at radius 1 is 1.64 bits per heavy atom. The molecule has 0 unspecified atom stereocenters. The molecule has 0 heterocycles. The third-order valence-corrected chi connectivity index (χ3v) is 2.33. The lowest BCUT2D eigenvalue weighted by atomic mass is 10.4. The molecule has 0 aromatic rings. The summed E-state index contributed by atoms with van der Waals surface area (Å²) >= 11 is 3.31. The third-order valence-electron chi connectivity index (χ3n) is 1.72. The zero-order valence-corrected chi connectivity index (χ0v) is 10.5. The Labute approximate surface area is 93.9 Å². The molecule has 0 aliphatic rings. The van der Waals surface area contributed by atoms with Crippen molar-refractivity contribution in [1.82, 2.24) is 10.2 Å². The summed E-state index contributed by atoms with van der Waals surface area (Å²) in [4.78, 5) is 1.87. The standard InChI is InChI=1S/C9H18BrN3O/c1-12-7-8(10)9(11)13(2)5-4-6-14-3/h7,11-12H,4-6H2,1-3H3/b8-7+,11-9?. The Balaban J connectivity index is 3.92. The number of amidine groups is 1. The van der Waals surface area contributed by atoms with Crippen LogP contribution < -0.4 is 5.32 Å². The van der Waals surface area contributed by atoms with Gasteiger partial charge in [-0.05, 0) is 22.4 Å². The number of hydrogen-bond acceptors (Lipinski definition) is 3. The molecule has 0 saturated carbocycles. The van der Waals surface area contributed by atoms with Crippen molar-refractivity contribution in [2.75, 3.05) is 34.4 Å². The minimum Gasteiger partial charge on any atom is -0.393 e. The van der Waals surface area contributed by atoms with Crippen LogP contribution in [0.1, 0.15) is 6.42 Å². The number of hydrogen-bond donors (Lipinski definition) is 2. The van der Waals surface area contributed by atoms with Crippen molar-refractivity contribution < 1.29 is 4.74 Å². The highest BCUT2D eigenvalue weighted by Crippen LogP contribution is 2.07. The van der Waals surface area contributed by atoms with Crippen molar-refractivity contribution >= 4 is 21.8 Å². The van der Waals surface area contributed by atoms with E-state index in [4.69, 9.17) is 10.1 Å². The number of ether oxygens (including phenoxy) is 1. The Kier molecular flexibility index (Phi) is 7.51. The Hall–Kier alpha value is -0.550. The van der Waals surface area contributed by atoms with Gasteiger partial charge in [-0.25, -0.2) is 0 Å². The van der Waals surface area contributed by atoms with Gasteiger partial charge in [0.25, 0.3) is 0 Å². The molecule has 5 heteroatoms. The molecule has 0 fully saturated rings. The van der Waals surface area contributed by atoms with Crippen molar-refractivity contribution in [3.05, 3.63) is 10.7 Å². The zero-order chi connectivity index (χ0) is 11.0. The van der Waals surface area contributed by atoms with E-state index in [9.17, 15) is 0 Å². The second-order valence-electron chi connectivity index (χ2n) is 2.90. The maximum Gasteiger partial charge on any atom is 0.136 e. The van der Waals surface area contributed by atoms with Crippen molar-refractivity contribution in [2.45, 2.75) is 6.42 Å². The van der Waals surface area contributed by atoms with E-state index >= 15 is 0 Å². The molecule has 0 bridgehead atoms. The zero-order valence-electron chi connectivity index (χ0n) is 8.93. The van der Waals surface area contributed by atoms with Gasteiger partial charge < -0.3 is 15.0 Å². The van der Waals surface area contributed by atoms with Gasteiger partial charge >= 0.3 is 0 Å².